The number of rotatable bonds is 3. The lowest BCUT2D eigenvalue weighted by atomic mass is 9.82. The van der Waals surface area contributed by atoms with Gasteiger partial charge in [-0.1, -0.05) is 117 Å². The van der Waals surface area contributed by atoms with Crippen molar-refractivity contribution < 1.29 is 0 Å². The average Bonchev–Trinajstić information content (AvgIpc) is 3.45. The predicted molar refractivity (Wildman–Crippen MR) is 166 cm³/mol. The molecule has 1 aromatic heterocycles. The van der Waals surface area contributed by atoms with E-state index in [1.165, 1.54) is 55.2 Å². The van der Waals surface area contributed by atoms with Gasteiger partial charge in [-0.05, 0) is 57.7 Å². The van der Waals surface area contributed by atoms with Crippen LogP contribution in [0.3, 0.4) is 0 Å². The maximum absolute atomic E-state index is 3.94. The fraction of sp³-hybridized carbons (Fsp3) is 0.135. The van der Waals surface area contributed by atoms with Crippen molar-refractivity contribution in [2.75, 3.05) is 0 Å². The molecule has 2 atom stereocenters. The molecule has 0 fully saturated rings. The third kappa shape index (κ3) is 3.41. The first-order valence-electron chi connectivity index (χ1n) is 14.1. The van der Waals surface area contributed by atoms with Crippen LogP contribution in [0.15, 0.2) is 127 Å². The van der Waals surface area contributed by atoms with E-state index in [-0.39, 0.29) is 17.7 Å². The highest BCUT2D eigenvalue weighted by atomic mass is 15.3. The number of hydrogen-bond donors (Lipinski definition) is 2. The topological polar surface area (TPSA) is 29.0 Å². The van der Waals surface area contributed by atoms with Crippen molar-refractivity contribution in [1.29, 1.82) is 0 Å². The van der Waals surface area contributed by atoms with Crippen LogP contribution < -0.4 is 10.6 Å². The molecule has 2 heterocycles. The number of hydrogen-bond acceptors (Lipinski definition) is 2. The molecule has 194 valence electrons. The van der Waals surface area contributed by atoms with E-state index in [0.29, 0.717) is 0 Å². The summed E-state index contributed by atoms with van der Waals surface area (Å²) in [5, 5.41) is 10.4. The van der Waals surface area contributed by atoms with Crippen LogP contribution in [-0.4, -0.2) is 4.57 Å². The average molecular weight is 518 g/mol. The lowest BCUT2D eigenvalue weighted by Gasteiger charge is -2.34. The van der Waals surface area contributed by atoms with Crippen LogP contribution >= 0.6 is 0 Å². The van der Waals surface area contributed by atoms with Gasteiger partial charge in [-0.15, -0.1) is 0 Å². The normalized spacial score (nSPS) is 19.2. The van der Waals surface area contributed by atoms with Crippen molar-refractivity contribution in [2.24, 2.45) is 0 Å². The standard InChI is InChI=1S/C37H31N3/c1-37(2)30-19-11-9-17-26(30)28-21-29-27-18-10-12-20-34(27)40(35(29)22-31(28)37)36-38-32(24-13-5-3-6-14-24)23-33(39-36)25-15-7-4-8-16-25/h3-23,32,36,38-39H,1-2H3. The van der Waals surface area contributed by atoms with E-state index in [1.807, 2.05) is 0 Å². The Morgan fingerprint density at radius 3 is 2.15 bits per heavy atom. The van der Waals surface area contributed by atoms with Gasteiger partial charge in [0.05, 0.1) is 17.1 Å². The van der Waals surface area contributed by atoms with Crippen LogP contribution in [0.25, 0.3) is 38.6 Å². The van der Waals surface area contributed by atoms with Crippen LogP contribution in [0, 0.1) is 0 Å². The van der Waals surface area contributed by atoms with Gasteiger partial charge in [0.25, 0.3) is 0 Å². The quantitative estimate of drug-likeness (QED) is 0.246. The molecule has 6 aromatic rings. The SMILES string of the molecule is CC1(C)c2ccccc2-c2cc3c4ccccc4n(C4NC(c5ccccc5)=CC(c5ccccc5)N4)c3cc21. The lowest BCUT2D eigenvalue weighted by molar-refractivity contribution is 0.350. The molecule has 40 heavy (non-hydrogen) atoms. The monoisotopic (exact) mass is 517 g/mol. The van der Waals surface area contributed by atoms with Crippen molar-refractivity contribution in [2.45, 2.75) is 31.6 Å². The molecule has 3 heteroatoms. The predicted octanol–water partition coefficient (Wildman–Crippen LogP) is 8.53. The number of aromatic nitrogens is 1. The number of para-hydroxylation sites is 1. The second kappa shape index (κ2) is 8.70. The smallest absolute Gasteiger partial charge is 0.160 e. The molecule has 2 N–H and O–H groups in total. The summed E-state index contributed by atoms with van der Waals surface area (Å²) in [7, 11) is 0. The number of nitrogens with zero attached hydrogens (tertiary/aromatic N) is 1. The summed E-state index contributed by atoms with van der Waals surface area (Å²) < 4.78 is 2.47. The molecule has 3 nitrogen and oxygen atoms in total. The third-order valence-corrected chi connectivity index (χ3v) is 8.88. The Hall–Kier alpha value is -4.60. The van der Waals surface area contributed by atoms with Crippen LogP contribution in [-0.2, 0) is 5.41 Å². The van der Waals surface area contributed by atoms with E-state index < -0.39 is 0 Å². The van der Waals surface area contributed by atoms with Crippen LogP contribution in [0.5, 0.6) is 0 Å². The Labute approximate surface area is 234 Å². The Balaban J connectivity index is 1.36. The first kappa shape index (κ1) is 23.3. The van der Waals surface area contributed by atoms with E-state index in [2.05, 4.69) is 156 Å². The molecule has 0 amide bonds. The molecule has 8 rings (SSSR count). The van der Waals surface area contributed by atoms with Gasteiger partial charge in [0.2, 0.25) is 0 Å². The second-order valence-electron chi connectivity index (χ2n) is 11.5. The zero-order chi connectivity index (χ0) is 26.8. The van der Waals surface area contributed by atoms with Gasteiger partial charge < -0.3 is 9.88 Å². The van der Waals surface area contributed by atoms with Crippen LogP contribution in [0.1, 0.15) is 48.4 Å². The minimum Gasteiger partial charge on any atom is -0.352 e. The third-order valence-electron chi connectivity index (χ3n) is 8.88. The Morgan fingerprint density at radius 1 is 0.625 bits per heavy atom. The molecular formula is C37H31N3. The van der Waals surface area contributed by atoms with Gasteiger partial charge >= 0.3 is 0 Å². The maximum Gasteiger partial charge on any atom is 0.160 e. The van der Waals surface area contributed by atoms with Crippen molar-refractivity contribution in [3.63, 3.8) is 0 Å². The highest BCUT2D eigenvalue weighted by molar-refractivity contribution is 6.10. The summed E-state index contributed by atoms with van der Waals surface area (Å²) in [5.74, 6) is 0. The zero-order valence-corrected chi connectivity index (χ0v) is 22.7. The van der Waals surface area contributed by atoms with Crippen LogP contribution in [0.2, 0.25) is 0 Å². The lowest BCUT2D eigenvalue weighted by Crippen LogP contribution is -2.43. The highest BCUT2D eigenvalue weighted by Crippen LogP contribution is 2.51. The van der Waals surface area contributed by atoms with Gasteiger partial charge in [-0.25, -0.2) is 0 Å². The van der Waals surface area contributed by atoms with E-state index in [9.17, 15) is 0 Å². The molecule has 0 saturated heterocycles. The molecule has 5 aromatic carbocycles. The summed E-state index contributed by atoms with van der Waals surface area (Å²) in [6, 6.07) is 44.0. The second-order valence-corrected chi connectivity index (χ2v) is 11.5. The van der Waals surface area contributed by atoms with E-state index in [0.717, 1.165) is 5.70 Å². The van der Waals surface area contributed by atoms with Gasteiger partial charge in [0, 0.05) is 21.9 Å². The summed E-state index contributed by atoms with van der Waals surface area (Å²) in [6.45, 7) is 4.71. The largest absolute Gasteiger partial charge is 0.352 e. The number of nitrogens with one attached hydrogen (secondary N) is 2. The Kier molecular flexibility index (Phi) is 5.07. The molecule has 2 aliphatic rings. The van der Waals surface area contributed by atoms with Crippen molar-refractivity contribution in [3.05, 3.63) is 150 Å². The fourth-order valence-electron chi connectivity index (χ4n) is 6.88. The molecule has 1 aliphatic heterocycles. The molecular weight excluding hydrogens is 486 g/mol. The van der Waals surface area contributed by atoms with E-state index in [1.54, 1.807) is 0 Å². The van der Waals surface area contributed by atoms with Gasteiger partial charge in [-0.3, -0.25) is 5.32 Å². The minimum atomic E-state index is -0.141. The summed E-state index contributed by atoms with van der Waals surface area (Å²) in [5.41, 5.74) is 11.5. The zero-order valence-electron chi connectivity index (χ0n) is 22.7. The number of benzene rings is 5. The Morgan fingerprint density at radius 2 is 1.32 bits per heavy atom. The maximum atomic E-state index is 3.94. The molecule has 2 unspecified atom stereocenters. The van der Waals surface area contributed by atoms with E-state index in [4.69, 9.17) is 0 Å². The van der Waals surface area contributed by atoms with E-state index >= 15 is 0 Å². The van der Waals surface area contributed by atoms with Gasteiger partial charge in [-0.2, -0.15) is 0 Å². The van der Waals surface area contributed by atoms with Crippen LogP contribution in [0.4, 0.5) is 0 Å². The fourth-order valence-corrected chi connectivity index (χ4v) is 6.88. The first-order valence-corrected chi connectivity index (χ1v) is 14.1. The molecule has 0 bridgehead atoms. The first-order chi connectivity index (χ1) is 19.6. The highest BCUT2D eigenvalue weighted by Gasteiger charge is 2.36. The molecule has 0 spiro atoms. The molecule has 0 radical (unpaired) electrons. The van der Waals surface area contributed by atoms with Gasteiger partial charge in [0.1, 0.15) is 0 Å². The Bertz CT molecular complexity index is 1930. The van der Waals surface area contributed by atoms with Crippen molar-refractivity contribution >= 4 is 27.5 Å². The minimum absolute atomic E-state index is 0.0590. The summed E-state index contributed by atoms with van der Waals surface area (Å²) in [6.07, 6.45) is 2.17. The van der Waals surface area contributed by atoms with Crippen molar-refractivity contribution in [1.82, 2.24) is 15.2 Å². The van der Waals surface area contributed by atoms with Crippen molar-refractivity contribution in [3.8, 4) is 11.1 Å². The summed E-state index contributed by atoms with van der Waals surface area (Å²) in [4.78, 5) is 0. The summed E-state index contributed by atoms with van der Waals surface area (Å²) >= 11 is 0. The molecule has 1 aliphatic carbocycles. The molecule has 0 saturated carbocycles. The van der Waals surface area contributed by atoms with Gasteiger partial charge in [0.15, 0.2) is 6.29 Å². The number of fused-ring (bicyclic) bond motifs is 6.